The maximum atomic E-state index is 13.0. The third-order valence-corrected chi connectivity index (χ3v) is 9.16. The van der Waals surface area contributed by atoms with Crippen LogP contribution in [0.1, 0.15) is 44.9 Å². The monoisotopic (exact) mass is 373 g/mol. The van der Waals surface area contributed by atoms with E-state index in [1.54, 1.807) is 0 Å². The van der Waals surface area contributed by atoms with Crippen molar-refractivity contribution < 1.29 is 14.3 Å². The first-order chi connectivity index (χ1) is 13.0. The molecule has 3 saturated heterocycles. The highest BCUT2D eigenvalue weighted by molar-refractivity contribution is 5.84. The van der Waals surface area contributed by atoms with Gasteiger partial charge in [0.05, 0.1) is 7.11 Å². The van der Waals surface area contributed by atoms with Gasteiger partial charge in [0.1, 0.15) is 0 Å². The van der Waals surface area contributed by atoms with Crippen LogP contribution in [0.4, 0.5) is 4.79 Å². The maximum Gasteiger partial charge on any atom is 0.409 e. The highest BCUT2D eigenvalue weighted by atomic mass is 16.5. The fourth-order valence-electron chi connectivity index (χ4n) is 7.14. The van der Waals surface area contributed by atoms with E-state index in [4.69, 9.17) is 4.74 Å². The molecule has 0 aromatic carbocycles. The molecule has 0 bridgehead atoms. The minimum atomic E-state index is -0.172. The molecule has 0 radical (unpaired) electrons. The van der Waals surface area contributed by atoms with Gasteiger partial charge in [0.2, 0.25) is 5.91 Å². The van der Waals surface area contributed by atoms with Gasteiger partial charge in [-0.25, -0.2) is 4.79 Å². The van der Waals surface area contributed by atoms with Crippen molar-refractivity contribution in [3.8, 4) is 0 Å². The molecular formula is C21H31N3O3. The zero-order valence-corrected chi connectivity index (χ0v) is 16.4. The Balaban J connectivity index is 1.00. The number of nitrogens with zero attached hydrogens (tertiary/aromatic N) is 3. The number of likely N-dealkylation sites (tertiary alicyclic amines) is 3. The van der Waals surface area contributed by atoms with E-state index in [1.807, 2.05) is 4.90 Å². The molecule has 3 aliphatic heterocycles. The summed E-state index contributed by atoms with van der Waals surface area (Å²) in [5.74, 6) is 2.09. The van der Waals surface area contributed by atoms with Gasteiger partial charge in [-0.2, -0.15) is 0 Å². The summed E-state index contributed by atoms with van der Waals surface area (Å²) in [4.78, 5) is 31.5. The van der Waals surface area contributed by atoms with Gasteiger partial charge in [0.15, 0.2) is 0 Å². The molecule has 3 atom stereocenters. The quantitative estimate of drug-likeness (QED) is 0.742. The van der Waals surface area contributed by atoms with Crippen molar-refractivity contribution in [3.63, 3.8) is 0 Å². The zero-order valence-electron chi connectivity index (χ0n) is 16.4. The second kappa shape index (κ2) is 5.40. The summed E-state index contributed by atoms with van der Waals surface area (Å²) in [6, 6.07) is 0.674. The molecule has 2 spiro atoms. The third-order valence-electron chi connectivity index (χ3n) is 9.16. The number of hydrogen-bond donors (Lipinski definition) is 0. The predicted molar refractivity (Wildman–Crippen MR) is 99.0 cm³/mol. The summed E-state index contributed by atoms with van der Waals surface area (Å²) in [5.41, 5.74) is 0.650. The summed E-state index contributed by atoms with van der Waals surface area (Å²) in [6.45, 7) is 4.99. The normalized spacial score (nSPS) is 43.9. The lowest BCUT2D eigenvalue weighted by molar-refractivity contribution is -0.158. The van der Waals surface area contributed by atoms with Gasteiger partial charge in [-0.15, -0.1) is 0 Å². The largest absolute Gasteiger partial charge is 0.453 e. The fraction of sp³-hybridized carbons (Fsp3) is 0.905. The van der Waals surface area contributed by atoms with Gasteiger partial charge in [0.25, 0.3) is 0 Å². The Morgan fingerprint density at radius 1 is 1.00 bits per heavy atom. The first-order valence-corrected chi connectivity index (χ1v) is 10.9. The van der Waals surface area contributed by atoms with Crippen molar-refractivity contribution in [2.45, 2.75) is 56.5 Å². The summed E-state index contributed by atoms with van der Waals surface area (Å²) in [5, 5.41) is 0. The van der Waals surface area contributed by atoms with Crippen LogP contribution in [-0.4, -0.2) is 78.1 Å². The molecule has 0 N–H and O–H groups in total. The first-order valence-electron chi connectivity index (χ1n) is 10.9. The Kier molecular flexibility index (Phi) is 3.33. The zero-order chi connectivity index (χ0) is 18.4. The number of rotatable bonds is 2. The molecule has 3 saturated carbocycles. The van der Waals surface area contributed by atoms with Gasteiger partial charge < -0.3 is 14.5 Å². The summed E-state index contributed by atoms with van der Waals surface area (Å²) in [6.07, 6.45) is 8.44. The van der Waals surface area contributed by atoms with E-state index in [1.165, 1.54) is 45.6 Å². The molecule has 27 heavy (non-hydrogen) atoms. The minimum absolute atomic E-state index is 0.172. The van der Waals surface area contributed by atoms with Crippen molar-refractivity contribution in [2.24, 2.45) is 23.2 Å². The molecule has 0 aromatic heterocycles. The molecule has 6 aliphatic rings. The van der Waals surface area contributed by atoms with Gasteiger partial charge in [-0.1, -0.05) is 0 Å². The number of fused-ring (bicyclic) bond motifs is 1. The smallest absolute Gasteiger partial charge is 0.409 e. The summed E-state index contributed by atoms with van der Waals surface area (Å²) >= 11 is 0. The average Bonchev–Trinajstić information content (AvgIpc) is 2.94. The van der Waals surface area contributed by atoms with Crippen molar-refractivity contribution >= 4 is 12.0 Å². The van der Waals surface area contributed by atoms with Gasteiger partial charge in [-0.05, 0) is 62.2 Å². The van der Waals surface area contributed by atoms with Gasteiger partial charge in [-0.3, -0.25) is 9.69 Å². The van der Waals surface area contributed by atoms with E-state index in [0.717, 1.165) is 39.1 Å². The topological polar surface area (TPSA) is 53.1 Å². The van der Waals surface area contributed by atoms with Crippen LogP contribution < -0.4 is 0 Å². The predicted octanol–water partition coefficient (Wildman–Crippen LogP) is 1.94. The van der Waals surface area contributed by atoms with Crippen LogP contribution >= 0.6 is 0 Å². The second-order valence-corrected chi connectivity index (χ2v) is 10.3. The molecule has 148 valence electrons. The molecule has 3 aliphatic carbocycles. The molecule has 6 fully saturated rings. The fourth-order valence-corrected chi connectivity index (χ4v) is 7.14. The first kappa shape index (κ1) is 16.6. The molecule has 3 heterocycles. The molecule has 0 aromatic rings. The van der Waals surface area contributed by atoms with Crippen LogP contribution in [0.3, 0.4) is 0 Å². The van der Waals surface area contributed by atoms with E-state index < -0.39 is 0 Å². The average molecular weight is 373 g/mol. The Morgan fingerprint density at radius 3 is 2.30 bits per heavy atom. The van der Waals surface area contributed by atoms with Crippen LogP contribution in [0.2, 0.25) is 0 Å². The molecule has 6 rings (SSSR count). The molecular weight excluding hydrogens is 342 g/mol. The van der Waals surface area contributed by atoms with Crippen LogP contribution in [-0.2, 0) is 9.53 Å². The number of piperidine rings is 1. The summed E-state index contributed by atoms with van der Waals surface area (Å²) < 4.78 is 4.88. The minimum Gasteiger partial charge on any atom is -0.453 e. The number of hydrogen-bond acceptors (Lipinski definition) is 4. The van der Waals surface area contributed by atoms with Crippen molar-refractivity contribution in [1.29, 1.82) is 0 Å². The lowest BCUT2D eigenvalue weighted by atomic mass is 9.64. The van der Waals surface area contributed by atoms with Crippen LogP contribution in [0.25, 0.3) is 0 Å². The molecule has 6 nitrogen and oxygen atoms in total. The lowest BCUT2D eigenvalue weighted by Crippen LogP contribution is -2.66. The third kappa shape index (κ3) is 2.22. The lowest BCUT2D eigenvalue weighted by Gasteiger charge is -2.59. The number of carbonyl (C=O) groups excluding carboxylic acids is 2. The number of ether oxygens (including phenoxy) is 1. The Morgan fingerprint density at radius 2 is 1.74 bits per heavy atom. The number of carbonyl (C=O) groups is 2. The second-order valence-electron chi connectivity index (χ2n) is 10.3. The highest BCUT2D eigenvalue weighted by Gasteiger charge is 2.65. The number of methoxy groups -OCH3 is 1. The Labute approximate surface area is 161 Å². The van der Waals surface area contributed by atoms with Crippen LogP contribution in [0.15, 0.2) is 0 Å². The van der Waals surface area contributed by atoms with E-state index in [2.05, 4.69) is 9.80 Å². The SMILES string of the molecule is COC(=O)N1CCC2(CC(N3C[C@@H]4[C@H](C3)[C@H]4C(=O)N3CCC34CCC4)C2)C1. The Hall–Kier alpha value is -1.30. The van der Waals surface area contributed by atoms with Crippen LogP contribution in [0.5, 0.6) is 0 Å². The molecule has 2 amide bonds. The maximum absolute atomic E-state index is 13.0. The van der Waals surface area contributed by atoms with E-state index in [9.17, 15) is 9.59 Å². The van der Waals surface area contributed by atoms with E-state index in [-0.39, 0.29) is 6.09 Å². The molecule has 6 heteroatoms. The van der Waals surface area contributed by atoms with Gasteiger partial charge in [0, 0.05) is 50.2 Å². The van der Waals surface area contributed by atoms with E-state index >= 15 is 0 Å². The highest BCUT2D eigenvalue weighted by Crippen LogP contribution is 2.59. The Bertz CT molecular complexity index is 667. The molecule has 0 unspecified atom stereocenters. The summed E-state index contributed by atoms with van der Waals surface area (Å²) in [7, 11) is 1.47. The van der Waals surface area contributed by atoms with Gasteiger partial charge >= 0.3 is 6.09 Å². The van der Waals surface area contributed by atoms with E-state index in [0.29, 0.717) is 40.7 Å². The standard InChI is InChI=1S/C21H31N3O3/c1-27-19(26)22-7-5-20(13-22)9-14(10-20)23-11-15-16(12-23)17(15)18(25)24-8-6-21(24)3-2-4-21/h14-17H,2-13H2,1H3/t14?,15-,16+,17+,20?. The van der Waals surface area contributed by atoms with Crippen molar-refractivity contribution in [2.75, 3.05) is 39.8 Å². The van der Waals surface area contributed by atoms with Crippen molar-refractivity contribution in [3.05, 3.63) is 0 Å². The van der Waals surface area contributed by atoms with Crippen molar-refractivity contribution in [1.82, 2.24) is 14.7 Å². The van der Waals surface area contributed by atoms with Crippen LogP contribution in [0, 0.1) is 23.2 Å². The number of amides is 2.